The van der Waals surface area contributed by atoms with Gasteiger partial charge < -0.3 is 5.32 Å². The summed E-state index contributed by atoms with van der Waals surface area (Å²) in [5.41, 5.74) is 0.945. The third-order valence-corrected chi connectivity index (χ3v) is 2.84. The molecule has 1 aromatic rings. The summed E-state index contributed by atoms with van der Waals surface area (Å²) in [6.45, 7) is 4.56. The van der Waals surface area contributed by atoms with Crippen molar-refractivity contribution < 1.29 is 0 Å². The van der Waals surface area contributed by atoms with E-state index in [4.69, 9.17) is 11.6 Å². The van der Waals surface area contributed by atoms with Crippen molar-refractivity contribution in [2.75, 3.05) is 23.4 Å². The van der Waals surface area contributed by atoms with Gasteiger partial charge in [-0.25, -0.2) is 0 Å². The molecule has 0 bridgehead atoms. The molecule has 0 aliphatic heterocycles. The zero-order chi connectivity index (χ0) is 10.2. The predicted octanol–water partition coefficient (Wildman–Crippen LogP) is 3.07. The van der Waals surface area contributed by atoms with Gasteiger partial charge >= 0.3 is 0 Å². The largest absolute Gasteiger partial charge is 0.383 e. The van der Waals surface area contributed by atoms with Crippen LogP contribution in [0.2, 0.25) is 5.02 Å². The molecule has 0 aromatic carbocycles. The number of pyridine rings is 1. The van der Waals surface area contributed by atoms with Crippen molar-refractivity contribution in [2.24, 2.45) is 0 Å². The lowest BCUT2D eigenvalue weighted by Crippen LogP contribution is -2.04. The van der Waals surface area contributed by atoms with Crippen LogP contribution in [0.5, 0.6) is 0 Å². The van der Waals surface area contributed by atoms with Gasteiger partial charge in [0.2, 0.25) is 0 Å². The molecule has 0 spiro atoms. The molecular weight excluding hydrogens is 216 g/mol. The first kappa shape index (κ1) is 11.4. The number of nitrogens with one attached hydrogen (secondary N) is 1. The Morgan fingerprint density at radius 1 is 1.64 bits per heavy atom. The van der Waals surface area contributed by atoms with E-state index in [9.17, 15) is 0 Å². The minimum absolute atomic E-state index is 0.668. The average Bonchev–Trinajstić information content (AvgIpc) is 2.20. The number of thioether (sulfide) groups is 1. The summed E-state index contributed by atoms with van der Waals surface area (Å²) in [5.74, 6) is 2.04. The topological polar surface area (TPSA) is 24.9 Å². The van der Waals surface area contributed by atoms with E-state index in [1.165, 1.54) is 0 Å². The highest BCUT2D eigenvalue weighted by atomic mass is 35.5. The first-order valence-electron chi connectivity index (χ1n) is 4.36. The highest BCUT2D eigenvalue weighted by Gasteiger charge is 1.96. The number of aromatic nitrogens is 1. The van der Waals surface area contributed by atoms with E-state index in [0.29, 0.717) is 5.02 Å². The minimum atomic E-state index is 0.668. The summed E-state index contributed by atoms with van der Waals surface area (Å²) < 4.78 is 0. The molecule has 76 valence electrons. The predicted molar refractivity (Wildman–Crippen MR) is 65.3 cm³/mol. The van der Waals surface area contributed by atoms with Crippen LogP contribution in [0.15, 0.2) is 31.1 Å². The SMILES string of the molecule is C=CCSCCNc1ccncc1Cl. The molecule has 1 rings (SSSR count). The van der Waals surface area contributed by atoms with Crippen LogP contribution in [0.25, 0.3) is 0 Å². The standard InChI is InChI=1S/C10H13ClN2S/c1-2-6-14-7-5-13-10-3-4-12-8-9(10)11/h2-4,8H,1,5-7H2,(H,12,13). The molecule has 0 atom stereocenters. The summed E-state index contributed by atoms with van der Waals surface area (Å²) >= 11 is 7.76. The Hall–Kier alpha value is -0.670. The van der Waals surface area contributed by atoms with Crippen LogP contribution in [-0.2, 0) is 0 Å². The Balaban J connectivity index is 2.24. The molecule has 1 N–H and O–H groups in total. The fourth-order valence-corrected chi connectivity index (χ4v) is 1.71. The minimum Gasteiger partial charge on any atom is -0.383 e. The lowest BCUT2D eigenvalue weighted by molar-refractivity contribution is 1.21. The van der Waals surface area contributed by atoms with Crippen molar-refractivity contribution in [1.29, 1.82) is 0 Å². The Labute approximate surface area is 93.8 Å². The first-order chi connectivity index (χ1) is 6.84. The van der Waals surface area contributed by atoms with Gasteiger partial charge in [0, 0.05) is 30.4 Å². The number of halogens is 1. The normalized spacial score (nSPS) is 9.79. The van der Waals surface area contributed by atoms with Gasteiger partial charge in [-0.2, -0.15) is 11.8 Å². The maximum absolute atomic E-state index is 5.92. The smallest absolute Gasteiger partial charge is 0.0820 e. The van der Waals surface area contributed by atoms with Gasteiger partial charge in [0.05, 0.1) is 10.7 Å². The van der Waals surface area contributed by atoms with Crippen molar-refractivity contribution in [3.05, 3.63) is 36.1 Å². The third-order valence-electron chi connectivity index (χ3n) is 1.57. The van der Waals surface area contributed by atoms with Gasteiger partial charge in [-0.1, -0.05) is 17.7 Å². The Kier molecular flexibility index (Phi) is 5.49. The second-order valence-corrected chi connectivity index (χ2v) is 4.20. The average molecular weight is 229 g/mol. The number of rotatable bonds is 6. The Bertz CT molecular complexity index is 291. The van der Waals surface area contributed by atoms with Gasteiger partial charge in [0.1, 0.15) is 0 Å². The van der Waals surface area contributed by atoms with Gasteiger partial charge in [0.25, 0.3) is 0 Å². The number of nitrogens with zero attached hydrogens (tertiary/aromatic N) is 1. The van der Waals surface area contributed by atoms with E-state index in [1.807, 2.05) is 23.9 Å². The molecule has 0 aliphatic carbocycles. The van der Waals surface area contributed by atoms with E-state index in [-0.39, 0.29) is 0 Å². The molecule has 14 heavy (non-hydrogen) atoms. The lowest BCUT2D eigenvalue weighted by Gasteiger charge is -2.06. The van der Waals surface area contributed by atoms with Crippen molar-refractivity contribution in [2.45, 2.75) is 0 Å². The van der Waals surface area contributed by atoms with Crippen molar-refractivity contribution >= 4 is 29.1 Å². The molecule has 1 heterocycles. The molecule has 1 aromatic heterocycles. The number of hydrogen-bond donors (Lipinski definition) is 1. The lowest BCUT2D eigenvalue weighted by atomic mass is 10.4. The fourth-order valence-electron chi connectivity index (χ4n) is 0.943. The van der Waals surface area contributed by atoms with Gasteiger partial charge in [0.15, 0.2) is 0 Å². The molecule has 0 saturated carbocycles. The second-order valence-electron chi connectivity index (χ2n) is 2.65. The van der Waals surface area contributed by atoms with Crippen LogP contribution in [0.3, 0.4) is 0 Å². The number of anilines is 1. The van der Waals surface area contributed by atoms with E-state index in [0.717, 1.165) is 23.7 Å². The summed E-state index contributed by atoms with van der Waals surface area (Å²) in [6, 6.07) is 1.88. The molecule has 0 amide bonds. The van der Waals surface area contributed by atoms with Crippen molar-refractivity contribution in [3.63, 3.8) is 0 Å². The zero-order valence-electron chi connectivity index (χ0n) is 7.87. The first-order valence-corrected chi connectivity index (χ1v) is 5.90. The quantitative estimate of drug-likeness (QED) is 0.599. The molecule has 4 heteroatoms. The maximum atomic E-state index is 5.92. The van der Waals surface area contributed by atoms with Gasteiger partial charge in [-0.3, -0.25) is 4.98 Å². The van der Waals surface area contributed by atoms with E-state index < -0.39 is 0 Å². The fraction of sp³-hybridized carbons (Fsp3) is 0.300. The van der Waals surface area contributed by atoms with Crippen LogP contribution in [0.4, 0.5) is 5.69 Å². The Morgan fingerprint density at radius 3 is 3.21 bits per heavy atom. The van der Waals surface area contributed by atoms with Crippen LogP contribution in [0, 0.1) is 0 Å². The third kappa shape index (κ3) is 4.03. The van der Waals surface area contributed by atoms with Crippen LogP contribution < -0.4 is 5.32 Å². The van der Waals surface area contributed by atoms with Crippen molar-refractivity contribution in [1.82, 2.24) is 4.98 Å². The van der Waals surface area contributed by atoms with Gasteiger partial charge in [-0.05, 0) is 6.07 Å². The highest BCUT2D eigenvalue weighted by Crippen LogP contribution is 2.18. The van der Waals surface area contributed by atoms with Crippen LogP contribution in [-0.4, -0.2) is 23.0 Å². The summed E-state index contributed by atoms with van der Waals surface area (Å²) in [6.07, 6.45) is 5.27. The van der Waals surface area contributed by atoms with Crippen LogP contribution in [0.1, 0.15) is 0 Å². The monoisotopic (exact) mass is 228 g/mol. The zero-order valence-corrected chi connectivity index (χ0v) is 9.44. The summed E-state index contributed by atoms with van der Waals surface area (Å²) in [4.78, 5) is 3.91. The molecule has 0 radical (unpaired) electrons. The molecular formula is C10H13ClN2S. The summed E-state index contributed by atoms with van der Waals surface area (Å²) in [7, 11) is 0. The molecule has 0 aliphatic rings. The number of hydrogen-bond acceptors (Lipinski definition) is 3. The second kappa shape index (κ2) is 6.74. The van der Waals surface area contributed by atoms with E-state index in [2.05, 4.69) is 16.9 Å². The molecule has 0 saturated heterocycles. The molecule has 0 fully saturated rings. The van der Waals surface area contributed by atoms with E-state index in [1.54, 1.807) is 12.4 Å². The molecule has 2 nitrogen and oxygen atoms in total. The van der Waals surface area contributed by atoms with Crippen LogP contribution >= 0.6 is 23.4 Å². The van der Waals surface area contributed by atoms with E-state index >= 15 is 0 Å². The summed E-state index contributed by atoms with van der Waals surface area (Å²) in [5, 5.41) is 3.91. The Morgan fingerprint density at radius 2 is 2.50 bits per heavy atom. The van der Waals surface area contributed by atoms with Crippen molar-refractivity contribution in [3.8, 4) is 0 Å². The highest BCUT2D eigenvalue weighted by molar-refractivity contribution is 7.99. The molecule has 0 unspecified atom stereocenters. The van der Waals surface area contributed by atoms with Gasteiger partial charge in [-0.15, -0.1) is 6.58 Å². The maximum Gasteiger partial charge on any atom is 0.0820 e.